The molecule has 0 spiro atoms. The molecule has 2 atom stereocenters. The van der Waals surface area contributed by atoms with E-state index < -0.39 is 11.7 Å². The van der Waals surface area contributed by atoms with E-state index in [-0.39, 0.29) is 29.8 Å². The number of urea groups is 1. The van der Waals surface area contributed by atoms with E-state index in [1.54, 1.807) is 24.3 Å². The number of hydrogen-bond acceptors (Lipinski definition) is 2. The molecule has 152 valence electrons. The first-order valence-electron chi connectivity index (χ1n) is 9.45. The number of hydrogen-bond donors (Lipinski definition) is 3. The number of rotatable bonds is 5. The number of alkyl halides is 3. The number of carbonyl (C=O) groups is 2. The van der Waals surface area contributed by atoms with Crippen LogP contribution in [-0.2, 0) is 11.0 Å². The summed E-state index contributed by atoms with van der Waals surface area (Å²) in [7, 11) is 0. The van der Waals surface area contributed by atoms with Crippen molar-refractivity contribution in [2.75, 3.05) is 10.6 Å². The van der Waals surface area contributed by atoms with Gasteiger partial charge in [-0.15, -0.1) is 0 Å². The van der Waals surface area contributed by atoms with Crippen molar-refractivity contribution in [2.45, 2.75) is 37.4 Å². The number of nitrogens with one attached hydrogen (secondary N) is 3. The average Bonchev–Trinajstić information content (AvgIpc) is 3.57. The van der Waals surface area contributed by atoms with Gasteiger partial charge in [-0.3, -0.25) is 4.79 Å². The number of halogens is 3. The molecule has 4 rings (SSSR count). The van der Waals surface area contributed by atoms with Crippen LogP contribution in [0.1, 0.15) is 36.3 Å². The maximum atomic E-state index is 12.6. The highest BCUT2D eigenvalue weighted by molar-refractivity contribution is 5.96. The SMILES string of the molecule is O=C(Nc1ccc(NC(=O)C2CC2c2ccc(C(F)(F)F)cc2)cc1)NC1CC1. The highest BCUT2D eigenvalue weighted by atomic mass is 19.4. The molecule has 2 aliphatic rings. The molecule has 2 aromatic carbocycles. The molecule has 2 aliphatic carbocycles. The largest absolute Gasteiger partial charge is 0.416 e. The average molecular weight is 403 g/mol. The quantitative estimate of drug-likeness (QED) is 0.675. The van der Waals surface area contributed by atoms with Crippen LogP contribution in [0.3, 0.4) is 0 Å². The Labute approximate surface area is 165 Å². The maximum Gasteiger partial charge on any atom is 0.416 e. The van der Waals surface area contributed by atoms with E-state index in [9.17, 15) is 22.8 Å². The van der Waals surface area contributed by atoms with Crippen LogP contribution in [0.5, 0.6) is 0 Å². The second kappa shape index (κ2) is 7.42. The van der Waals surface area contributed by atoms with Gasteiger partial charge in [0.25, 0.3) is 0 Å². The first-order valence-corrected chi connectivity index (χ1v) is 9.45. The molecule has 0 saturated heterocycles. The molecular formula is C21H20F3N3O2. The summed E-state index contributed by atoms with van der Waals surface area (Å²) < 4.78 is 37.9. The van der Waals surface area contributed by atoms with Gasteiger partial charge in [-0.2, -0.15) is 13.2 Å². The molecule has 0 aliphatic heterocycles. The van der Waals surface area contributed by atoms with Crippen LogP contribution in [0.4, 0.5) is 29.3 Å². The van der Waals surface area contributed by atoms with E-state index in [4.69, 9.17) is 0 Å². The summed E-state index contributed by atoms with van der Waals surface area (Å²) in [5.41, 5.74) is 1.26. The van der Waals surface area contributed by atoms with E-state index in [2.05, 4.69) is 16.0 Å². The number of anilines is 2. The number of carbonyl (C=O) groups excluding carboxylic acids is 2. The summed E-state index contributed by atoms with van der Waals surface area (Å²) >= 11 is 0. The summed E-state index contributed by atoms with van der Waals surface area (Å²) in [5.74, 6) is -0.486. The minimum Gasteiger partial charge on any atom is -0.335 e. The van der Waals surface area contributed by atoms with Crippen LogP contribution < -0.4 is 16.0 Å². The molecule has 8 heteroatoms. The van der Waals surface area contributed by atoms with Gasteiger partial charge in [-0.05, 0) is 67.1 Å². The number of amides is 3. The highest BCUT2D eigenvalue weighted by Crippen LogP contribution is 2.48. The Kier molecular flexibility index (Phi) is 4.94. The molecule has 2 unspecified atom stereocenters. The monoisotopic (exact) mass is 403 g/mol. The number of benzene rings is 2. The third-order valence-electron chi connectivity index (χ3n) is 5.12. The predicted octanol–water partition coefficient (Wildman–Crippen LogP) is 4.73. The topological polar surface area (TPSA) is 70.2 Å². The van der Waals surface area contributed by atoms with Crippen molar-refractivity contribution in [2.24, 2.45) is 5.92 Å². The van der Waals surface area contributed by atoms with E-state index in [0.717, 1.165) is 30.5 Å². The summed E-state index contributed by atoms with van der Waals surface area (Å²) in [6.07, 6.45) is -1.74. The Morgan fingerprint density at radius 1 is 0.862 bits per heavy atom. The molecule has 0 heterocycles. The van der Waals surface area contributed by atoms with Crippen molar-refractivity contribution in [3.8, 4) is 0 Å². The minimum absolute atomic E-state index is 0.0654. The molecule has 2 aromatic rings. The molecule has 0 aromatic heterocycles. The molecule has 3 N–H and O–H groups in total. The van der Waals surface area contributed by atoms with E-state index in [1.807, 2.05) is 0 Å². The van der Waals surface area contributed by atoms with Gasteiger partial charge in [-0.1, -0.05) is 12.1 Å². The van der Waals surface area contributed by atoms with Gasteiger partial charge in [-0.25, -0.2) is 4.79 Å². The normalized spacial score (nSPS) is 20.7. The van der Waals surface area contributed by atoms with Crippen LogP contribution in [0.15, 0.2) is 48.5 Å². The Balaban J connectivity index is 1.29. The lowest BCUT2D eigenvalue weighted by molar-refractivity contribution is -0.137. The zero-order chi connectivity index (χ0) is 20.6. The lowest BCUT2D eigenvalue weighted by Gasteiger charge is -2.09. The van der Waals surface area contributed by atoms with E-state index in [0.29, 0.717) is 17.8 Å². The van der Waals surface area contributed by atoms with Crippen molar-refractivity contribution in [1.29, 1.82) is 0 Å². The molecule has 29 heavy (non-hydrogen) atoms. The highest BCUT2D eigenvalue weighted by Gasteiger charge is 2.44. The van der Waals surface area contributed by atoms with Gasteiger partial charge in [0.1, 0.15) is 0 Å². The van der Waals surface area contributed by atoms with Gasteiger partial charge in [0, 0.05) is 23.3 Å². The first kappa shape index (κ1) is 19.3. The van der Waals surface area contributed by atoms with Gasteiger partial charge in [0.05, 0.1) is 5.56 Å². The Bertz CT molecular complexity index is 906. The fourth-order valence-electron chi connectivity index (χ4n) is 3.22. The van der Waals surface area contributed by atoms with E-state index >= 15 is 0 Å². The van der Waals surface area contributed by atoms with Crippen molar-refractivity contribution in [3.63, 3.8) is 0 Å². The smallest absolute Gasteiger partial charge is 0.335 e. The molecule has 2 saturated carbocycles. The fourth-order valence-corrected chi connectivity index (χ4v) is 3.22. The van der Waals surface area contributed by atoms with Gasteiger partial charge in [0.15, 0.2) is 0 Å². The zero-order valence-electron chi connectivity index (χ0n) is 15.4. The first-order chi connectivity index (χ1) is 13.8. The lowest BCUT2D eigenvalue weighted by atomic mass is 10.1. The van der Waals surface area contributed by atoms with Crippen molar-refractivity contribution in [3.05, 3.63) is 59.7 Å². The van der Waals surface area contributed by atoms with Gasteiger partial charge >= 0.3 is 12.2 Å². The lowest BCUT2D eigenvalue weighted by Crippen LogP contribution is -2.30. The third kappa shape index (κ3) is 4.88. The van der Waals surface area contributed by atoms with Crippen LogP contribution >= 0.6 is 0 Å². The molecule has 0 radical (unpaired) electrons. The summed E-state index contributed by atoms with van der Waals surface area (Å²) in [5, 5.41) is 8.37. The van der Waals surface area contributed by atoms with Crippen molar-refractivity contribution >= 4 is 23.3 Å². The van der Waals surface area contributed by atoms with Gasteiger partial charge in [0.2, 0.25) is 5.91 Å². The van der Waals surface area contributed by atoms with Crippen molar-refractivity contribution in [1.82, 2.24) is 5.32 Å². The molecule has 3 amide bonds. The van der Waals surface area contributed by atoms with Crippen LogP contribution in [0, 0.1) is 5.92 Å². The minimum atomic E-state index is -4.36. The Morgan fingerprint density at radius 3 is 2.00 bits per heavy atom. The van der Waals surface area contributed by atoms with Gasteiger partial charge < -0.3 is 16.0 Å². The summed E-state index contributed by atoms with van der Waals surface area (Å²) in [6.45, 7) is 0. The molecular weight excluding hydrogens is 383 g/mol. The summed E-state index contributed by atoms with van der Waals surface area (Å²) in [6, 6.07) is 11.8. The fraction of sp³-hybridized carbons (Fsp3) is 0.333. The van der Waals surface area contributed by atoms with Crippen molar-refractivity contribution < 1.29 is 22.8 Å². The predicted molar refractivity (Wildman–Crippen MR) is 103 cm³/mol. The molecule has 0 bridgehead atoms. The van der Waals surface area contributed by atoms with Crippen LogP contribution in [-0.4, -0.2) is 18.0 Å². The second-order valence-corrected chi connectivity index (χ2v) is 7.51. The maximum absolute atomic E-state index is 12.6. The van der Waals surface area contributed by atoms with Crippen LogP contribution in [0.2, 0.25) is 0 Å². The van der Waals surface area contributed by atoms with Crippen LogP contribution in [0.25, 0.3) is 0 Å². The Morgan fingerprint density at radius 2 is 1.45 bits per heavy atom. The second-order valence-electron chi connectivity index (χ2n) is 7.51. The molecule has 5 nitrogen and oxygen atoms in total. The zero-order valence-corrected chi connectivity index (χ0v) is 15.4. The molecule has 2 fully saturated rings. The Hall–Kier alpha value is -3.03. The van der Waals surface area contributed by atoms with E-state index in [1.165, 1.54) is 12.1 Å². The third-order valence-corrected chi connectivity index (χ3v) is 5.12. The summed E-state index contributed by atoms with van der Waals surface area (Å²) in [4.78, 5) is 24.1. The standard InChI is InChI=1S/C21H20F3N3O2/c22-21(23,24)13-3-1-12(2-4-13)17-11-18(17)19(28)25-14-5-7-15(8-6-14)26-20(29)27-16-9-10-16/h1-8,16-18H,9-11H2,(H,25,28)(H2,26,27,29).